The highest BCUT2D eigenvalue weighted by atomic mass is 31.2. The highest BCUT2D eigenvalue weighted by Crippen LogP contribution is 2.38. The van der Waals surface area contributed by atoms with Gasteiger partial charge in [0.1, 0.15) is 13.2 Å². The minimum absolute atomic E-state index is 0.00784. The molecule has 0 fully saturated rings. The molecule has 0 aliphatic carbocycles. The number of rotatable bonds is 70. The molecule has 3 unspecified atom stereocenters. The van der Waals surface area contributed by atoms with Gasteiger partial charge in [0.25, 0.3) is 7.82 Å². The van der Waals surface area contributed by atoms with Gasteiger partial charge >= 0.3 is 0 Å². The number of hydrogen-bond acceptors (Lipinski definition) is 6. The summed E-state index contributed by atoms with van der Waals surface area (Å²) in [5.74, 6) is -0.204. The summed E-state index contributed by atoms with van der Waals surface area (Å²) in [7, 11) is 1.25. The summed E-state index contributed by atoms with van der Waals surface area (Å²) >= 11 is 0. The Balaban J connectivity index is 4.04. The zero-order valence-corrected chi connectivity index (χ0v) is 58.5. The number of allylic oxidation sites excluding steroid dienone is 7. The third-order valence-electron chi connectivity index (χ3n) is 17.2. The number of aliphatic hydroxyl groups is 1. The number of nitrogens with zero attached hydrogens (tertiary/aromatic N) is 1. The number of nitrogens with one attached hydrogen (secondary N) is 1. The van der Waals surface area contributed by atoms with Crippen LogP contribution in [-0.2, 0) is 18.4 Å². The molecular formula is C76H147N2O6P. The summed E-state index contributed by atoms with van der Waals surface area (Å²) in [5.41, 5.74) is 0. The van der Waals surface area contributed by atoms with Gasteiger partial charge in [-0.25, -0.2) is 0 Å². The van der Waals surface area contributed by atoms with E-state index in [2.05, 4.69) is 55.6 Å². The molecule has 0 aromatic heterocycles. The molecule has 0 aliphatic heterocycles. The number of amides is 1. The van der Waals surface area contributed by atoms with E-state index in [4.69, 9.17) is 9.05 Å². The van der Waals surface area contributed by atoms with Crippen LogP contribution in [0.3, 0.4) is 0 Å². The fourth-order valence-corrected chi connectivity index (χ4v) is 12.1. The average Bonchev–Trinajstić information content (AvgIpc) is 3.48. The van der Waals surface area contributed by atoms with Crippen LogP contribution in [0.5, 0.6) is 0 Å². The lowest BCUT2D eigenvalue weighted by molar-refractivity contribution is -0.870. The zero-order valence-electron chi connectivity index (χ0n) is 57.6. The van der Waals surface area contributed by atoms with Crippen molar-refractivity contribution in [3.63, 3.8) is 0 Å². The van der Waals surface area contributed by atoms with E-state index in [9.17, 15) is 19.4 Å². The van der Waals surface area contributed by atoms with E-state index < -0.39 is 26.6 Å². The van der Waals surface area contributed by atoms with Crippen LogP contribution in [-0.4, -0.2) is 68.5 Å². The van der Waals surface area contributed by atoms with Crippen molar-refractivity contribution in [3.8, 4) is 0 Å². The van der Waals surface area contributed by atoms with Crippen LogP contribution in [0.15, 0.2) is 48.6 Å². The molecular weight excluding hydrogens is 1070 g/mol. The number of hydrogen-bond donors (Lipinski definition) is 2. The topological polar surface area (TPSA) is 108 Å². The number of phosphoric acid groups is 1. The van der Waals surface area contributed by atoms with E-state index in [0.717, 1.165) is 44.9 Å². The van der Waals surface area contributed by atoms with Gasteiger partial charge in [0.05, 0.1) is 39.9 Å². The Morgan fingerprint density at radius 2 is 0.659 bits per heavy atom. The summed E-state index contributed by atoms with van der Waals surface area (Å²) < 4.78 is 23.5. The second kappa shape index (κ2) is 66.9. The molecule has 0 aliphatic rings. The van der Waals surface area contributed by atoms with Crippen LogP contribution in [0, 0.1) is 0 Å². The van der Waals surface area contributed by atoms with Gasteiger partial charge in [0, 0.05) is 6.42 Å². The van der Waals surface area contributed by atoms with E-state index in [1.807, 2.05) is 27.2 Å². The number of carbonyl (C=O) groups excluding carboxylic acids is 1. The zero-order chi connectivity index (χ0) is 61.9. The maximum absolute atomic E-state index is 13.0. The molecule has 0 radical (unpaired) electrons. The molecule has 0 bridgehead atoms. The van der Waals surface area contributed by atoms with Crippen molar-refractivity contribution in [2.24, 2.45) is 0 Å². The lowest BCUT2D eigenvalue weighted by Crippen LogP contribution is -2.45. The highest BCUT2D eigenvalue weighted by molar-refractivity contribution is 7.45. The average molecular weight is 1220 g/mol. The summed E-state index contributed by atoms with van der Waals surface area (Å²) in [6.07, 6.45) is 91.3. The minimum Gasteiger partial charge on any atom is -0.756 e. The molecule has 2 N–H and O–H groups in total. The van der Waals surface area contributed by atoms with Crippen molar-refractivity contribution >= 4 is 13.7 Å². The molecule has 1 amide bonds. The molecule has 0 aromatic carbocycles. The predicted molar refractivity (Wildman–Crippen MR) is 371 cm³/mol. The van der Waals surface area contributed by atoms with E-state index in [1.165, 1.54) is 315 Å². The number of likely N-dealkylation sites (N-methyl/N-ethyl adjacent to an activating group) is 1. The van der Waals surface area contributed by atoms with Gasteiger partial charge in [-0.3, -0.25) is 9.36 Å². The monoisotopic (exact) mass is 1220 g/mol. The van der Waals surface area contributed by atoms with Gasteiger partial charge in [-0.1, -0.05) is 351 Å². The molecule has 502 valence electrons. The van der Waals surface area contributed by atoms with Crippen LogP contribution in [0.4, 0.5) is 0 Å². The molecule has 9 heteroatoms. The third-order valence-corrected chi connectivity index (χ3v) is 18.2. The second-order valence-corrected chi connectivity index (χ2v) is 28.4. The molecule has 8 nitrogen and oxygen atoms in total. The standard InChI is InChI=1S/C76H147N2O6P/c1-6-8-10-12-14-16-18-20-22-24-26-28-30-32-34-36-37-38-39-40-41-42-44-46-48-50-52-54-56-58-60-62-64-66-68-70-76(80)77-74(73-84-85(81,82)83-72-71-78(3,4)5)75(79)69-67-65-63-61-59-57-55-53-51-49-47-45-43-35-33-31-29-27-25-23-21-19-17-15-13-11-9-7-2/h24,26,51,53,59,61,67,69,74-75,79H,6-23,25,27-50,52,54-58,60,62-66,68,70-73H2,1-5H3,(H-,77,80,81,82)/b26-24-,53-51+,61-59+,69-67+. The molecule has 0 heterocycles. The quantitative estimate of drug-likeness (QED) is 0.0272. The third kappa shape index (κ3) is 69.8. The molecule has 0 rings (SSSR count). The van der Waals surface area contributed by atoms with E-state index in [1.54, 1.807) is 6.08 Å². The van der Waals surface area contributed by atoms with Crippen molar-refractivity contribution in [2.45, 2.75) is 392 Å². The minimum atomic E-state index is -4.62. The summed E-state index contributed by atoms with van der Waals surface area (Å²) in [6.45, 7) is 4.68. The normalized spacial score (nSPS) is 13.8. The summed E-state index contributed by atoms with van der Waals surface area (Å²) in [5, 5.41) is 14.0. The summed E-state index contributed by atoms with van der Waals surface area (Å²) in [6, 6.07) is -0.911. The molecule has 3 atom stereocenters. The van der Waals surface area contributed by atoms with E-state index >= 15 is 0 Å². The van der Waals surface area contributed by atoms with Crippen LogP contribution < -0.4 is 10.2 Å². The summed E-state index contributed by atoms with van der Waals surface area (Å²) in [4.78, 5) is 25.7. The molecule has 0 saturated carbocycles. The number of quaternary nitrogens is 1. The van der Waals surface area contributed by atoms with Crippen LogP contribution in [0.1, 0.15) is 380 Å². The first kappa shape index (κ1) is 83.5. The van der Waals surface area contributed by atoms with Gasteiger partial charge in [-0.05, 0) is 70.6 Å². The lowest BCUT2D eigenvalue weighted by Gasteiger charge is -2.29. The Labute approximate surface area is 530 Å². The van der Waals surface area contributed by atoms with Gasteiger partial charge in [0.2, 0.25) is 5.91 Å². The number of carbonyl (C=O) groups is 1. The lowest BCUT2D eigenvalue weighted by atomic mass is 10.0. The van der Waals surface area contributed by atoms with E-state index in [0.29, 0.717) is 17.4 Å². The van der Waals surface area contributed by atoms with Crippen molar-refractivity contribution < 1.29 is 32.9 Å². The fourth-order valence-electron chi connectivity index (χ4n) is 11.4. The van der Waals surface area contributed by atoms with Crippen molar-refractivity contribution in [1.29, 1.82) is 0 Å². The first-order valence-corrected chi connectivity index (χ1v) is 39.0. The fraction of sp³-hybridized carbons (Fsp3) is 0.882. The molecule has 0 spiro atoms. The van der Waals surface area contributed by atoms with Gasteiger partial charge < -0.3 is 28.8 Å². The van der Waals surface area contributed by atoms with Crippen LogP contribution in [0.2, 0.25) is 0 Å². The Kier molecular flexibility index (Phi) is 65.7. The smallest absolute Gasteiger partial charge is 0.268 e. The molecule has 0 saturated heterocycles. The van der Waals surface area contributed by atoms with Crippen LogP contribution >= 0.6 is 7.82 Å². The van der Waals surface area contributed by atoms with Gasteiger partial charge in [-0.2, -0.15) is 0 Å². The SMILES string of the molecule is CCCCCCCCCC/C=C\CCCCCCCCCCCCCCCCCCCCCCCCCC(=O)NC(COP(=O)([O-])OCC[N+](C)(C)C)C(O)/C=C/CC/C=C/CC/C=C/CCCCCCCCCCCCCCCCCCCC. The highest BCUT2D eigenvalue weighted by Gasteiger charge is 2.23. The first-order valence-electron chi connectivity index (χ1n) is 37.5. The predicted octanol–water partition coefficient (Wildman–Crippen LogP) is 23.5. The Hall–Kier alpha value is -1.54. The van der Waals surface area contributed by atoms with Gasteiger partial charge in [-0.15, -0.1) is 0 Å². The maximum atomic E-state index is 13.0. The Bertz CT molecular complexity index is 1530. The number of unbranched alkanes of at least 4 members (excludes halogenated alkanes) is 51. The molecule has 85 heavy (non-hydrogen) atoms. The Morgan fingerprint density at radius 3 is 0.953 bits per heavy atom. The van der Waals surface area contributed by atoms with E-state index in [-0.39, 0.29) is 12.5 Å². The Morgan fingerprint density at radius 1 is 0.400 bits per heavy atom. The number of phosphoric ester groups is 1. The van der Waals surface area contributed by atoms with Crippen molar-refractivity contribution in [3.05, 3.63) is 48.6 Å². The molecule has 0 aromatic rings. The van der Waals surface area contributed by atoms with Gasteiger partial charge in [0.15, 0.2) is 0 Å². The van der Waals surface area contributed by atoms with Crippen molar-refractivity contribution in [1.82, 2.24) is 5.32 Å². The van der Waals surface area contributed by atoms with Crippen LogP contribution in [0.25, 0.3) is 0 Å². The van der Waals surface area contributed by atoms with Crippen molar-refractivity contribution in [2.75, 3.05) is 40.9 Å². The second-order valence-electron chi connectivity index (χ2n) is 27.0. The maximum Gasteiger partial charge on any atom is 0.268 e. The largest absolute Gasteiger partial charge is 0.756 e. The first-order chi connectivity index (χ1) is 41.5. The number of aliphatic hydroxyl groups excluding tert-OH is 1.